The zero-order chi connectivity index (χ0) is 18.9. The van der Waals surface area contributed by atoms with E-state index in [1.54, 1.807) is 28.8 Å². The molecule has 1 heterocycles. The third-order valence-corrected chi connectivity index (χ3v) is 4.92. The third kappa shape index (κ3) is 5.74. The molecule has 1 aromatic heterocycles. The SMILES string of the molecule is CCCCn1c(SC[C@H](O)COc2ccc(C(=O)CC)cc2)n[nH]c1=O. The molecule has 0 spiro atoms. The summed E-state index contributed by atoms with van der Waals surface area (Å²) in [5.41, 5.74) is 0.424. The molecular formula is C18H25N3O4S. The average Bonchev–Trinajstić information content (AvgIpc) is 3.02. The van der Waals surface area contributed by atoms with Gasteiger partial charge in [0.1, 0.15) is 12.4 Å². The van der Waals surface area contributed by atoms with Gasteiger partial charge in [0, 0.05) is 24.3 Å². The van der Waals surface area contributed by atoms with Gasteiger partial charge in [-0.1, -0.05) is 32.0 Å². The Morgan fingerprint density at radius 3 is 2.73 bits per heavy atom. The first-order valence-corrected chi connectivity index (χ1v) is 9.75. The first kappa shape index (κ1) is 20.3. The van der Waals surface area contributed by atoms with E-state index in [1.165, 1.54) is 11.8 Å². The number of thioether (sulfide) groups is 1. The van der Waals surface area contributed by atoms with E-state index in [1.807, 2.05) is 6.92 Å². The number of ketones is 1. The van der Waals surface area contributed by atoms with Crippen molar-refractivity contribution in [1.82, 2.24) is 14.8 Å². The molecule has 7 nitrogen and oxygen atoms in total. The van der Waals surface area contributed by atoms with Gasteiger partial charge < -0.3 is 9.84 Å². The fourth-order valence-electron chi connectivity index (χ4n) is 2.28. The summed E-state index contributed by atoms with van der Waals surface area (Å²) >= 11 is 1.32. The highest BCUT2D eigenvalue weighted by Gasteiger charge is 2.12. The molecule has 0 bridgehead atoms. The maximum atomic E-state index is 11.7. The van der Waals surface area contributed by atoms with Crippen molar-refractivity contribution in [2.75, 3.05) is 12.4 Å². The van der Waals surface area contributed by atoms with Crippen molar-refractivity contribution >= 4 is 17.5 Å². The highest BCUT2D eigenvalue weighted by Crippen LogP contribution is 2.17. The Kier molecular flexibility index (Phi) is 7.93. The summed E-state index contributed by atoms with van der Waals surface area (Å²) in [6, 6.07) is 6.88. The van der Waals surface area contributed by atoms with Crippen LogP contribution in [0.4, 0.5) is 0 Å². The number of carbonyl (C=O) groups excluding carboxylic acids is 1. The van der Waals surface area contributed by atoms with Gasteiger partial charge in [-0.3, -0.25) is 9.36 Å². The minimum absolute atomic E-state index is 0.0844. The van der Waals surface area contributed by atoms with Crippen LogP contribution in [-0.2, 0) is 6.54 Å². The molecule has 0 aliphatic carbocycles. The average molecular weight is 379 g/mol. The highest BCUT2D eigenvalue weighted by atomic mass is 32.2. The lowest BCUT2D eigenvalue weighted by molar-refractivity contribution is 0.0987. The summed E-state index contributed by atoms with van der Waals surface area (Å²) in [6.07, 6.45) is 1.64. The smallest absolute Gasteiger partial charge is 0.343 e. The normalized spacial score (nSPS) is 12.1. The number of aliphatic hydroxyl groups excluding tert-OH is 1. The first-order chi connectivity index (χ1) is 12.5. The second-order valence-corrected chi connectivity index (χ2v) is 6.88. The van der Waals surface area contributed by atoms with Crippen LogP contribution in [0.15, 0.2) is 34.2 Å². The predicted octanol–water partition coefficient (Wildman–Crippen LogP) is 2.50. The fraction of sp³-hybridized carbons (Fsp3) is 0.500. The third-order valence-electron chi connectivity index (χ3n) is 3.80. The molecule has 26 heavy (non-hydrogen) atoms. The Labute approximate surface area is 156 Å². The summed E-state index contributed by atoms with van der Waals surface area (Å²) < 4.78 is 7.14. The number of unbranched alkanes of at least 4 members (excludes halogenated alkanes) is 1. The zero-order valence-electron chi connectivity index (χ0n) is 15.1. The van der Waals surface area contributed by atoms with Crippen molar-refractivity contribution in [2.45, 2.75) is 50.9 Å². The van der Waals surface area contributed by atoms with E-state index in [0.29, 0.717) is 35.2 Å². The van der Waals surface area contributed by atoms with Crippen LogP contribution < -0.4 is 10.4 Å². The van der Waals surface area contributed by atoms with E-state index in [0.717, 1.165) is 12.8 Å². The van der Waals surface area contributed by atoms with Crippen LogP contribution in [0.3, 0.4) is 0 Å². The molecule has 8 heteroatoms. The van der Waals surface area contributed by atoms with Gasteiger partial charge in [0.05, 0.1) is 6.10 Å². The van der Waals surface area contributed by atoms with Crippen molar-refractivity contribution in [2.24, 2.45) is 0 Å². The number of ether oxygens (including phenoxy) is 1. The molecule has 1 atom stereocenters. The number of hydrogen-bond donors (Lipinski definition) is 2. The number of aromatic amines is 1. The van der Waals surface area contributed by atoms with Gasteiger partial charge in [0.25, 0.3) is 0 Å². The van der Waals surface area contributed by atoms with Crippen LogP contribution in [0.1, 0.15) is 43.5 Å². The number of carbonyl (C=O) groups is 1. The van der Waals surface area contributed by atoms with Crippen molar-refractivity contribution in [1.29, 1.82) is 0 Å². The molecule has 1 aromatic carbocycles. The standard InChI is InChI=1S/C18H25N3O4S/c1-3-5-10-21-17(24)19-20-18(21)26-12-14(22)11-25-15-8-6-13(7-9-15)16(23)4-2/h6-9,14,22H,3-5,10-12H2,1-2H3,(H,19,24)/t14-/m1/s1. The van der Waals surface area contributed by atoms with Crippen molar-refractivity contribution in [3.63, 3.8) is 0 Å². The van der Waals surface area contributed by atoms with Gasteiger partial charge >= 0.3 is 5.69 Å². The number of nitrogens with one attached hydrogen (secondary N) is 1. The molecule has 2 N–H and O–H groups in total. The van der Waals surface area contributed by atoms with E-state index >= 15 is 0 Å². The van der Waals surface area contributed by atoms with Gasteiger partial charge in [0.2, 0.25) is 0 Å². The van der Waals surface area contributed by atoms with Crippen LogP contribution in [0.5, 0.6) is 5.75 Å². The molecule has 0 amide bonds. The molecule has 2 aromatic rings. The first-order valence-electron chi connectivity index (χ1n) is 8.77. The van der Waals surface area contributed by atoms with E-state index in [4.69, 9.17) is 4.74 Å². The number of hydrogen-bond acceptors (Lipinski definition) is 6. The van der Waals surface area contributed by atoms with E-state index in [2.05, 4.69) is 17.1 Å². The van der Waals surface area contributed by atoms with Gasteiger partial charge in [-0.2, -0.15) is 0 Å². The second kappa shape index (κ2) is 10.2. The molecule has 0 fully saturated rings. The molecule has 0 aliphatic rings. The number of H-pyrrole nitrogens is 1. The van der Waals surface area contributed by atoms with Crippen molar-refractivity contribution < 1.29 is 14.6 Å². The topological polar surface area (TPSA) is 97.2 Å². The summed E-state index contributed by atoms with van der Waals surface area (Å²) in [5.74, 6) is 1.05. The molecule has 0 saturated heterocycles. The largest absolute Gasteiger partial charge is 0.491 e. The van der Waals surface area contributed by atoms with Gasteiger partial charge in [-0.05, 0) is 30.7 Å². The molecule has 0 unspecified atom stereocenters. The Morgan fingerprint density at radius 1 is 1.35 bits per heavy atom. The van der Waals surface area contributed by atoms with E-state index in [-0.39, 0.29) is 18.1 Å². The molecule has 0 radical (unpaired) electrons. The lowest BCUT2D eigenvalue weighted by Crippen LogP contribution is -2.21. The molecule has 2 rings (SSSR count). The van der Waals surface area contributed by atoms with Crippen LogP contribution in [0, 0.1) is 0 Å². The monoisotopic (exact) mass is 379 g/mol. The summed E-state index contributed by atoms with van der Waals surface area (Å²) in [5, 5.41) is 17.1. The summed E-state index contributed by atoms with van der Waals surface area (Å²) in [4.78, 5) is 23.3. The molecule has 142 valence electrons. The number of Topliss-reactive ketones (excluding diaryl/α,β-unsaturated/α-hetero) is 1. The maximum absolute atomic E-state index is 11.7. The van der Waals surface area contributed by atoms with Crippen molar-refractivity contribution in [3.8, 4) is 5.75 Å². The maximum Gasteiger partial charge on any atom is 0.343 e. The number of rotatable bonds is 11. The molecular weight excluding hydrogens is 354 g/mol. The summed E-state index contributed by atoms with van der Waals surface area (Å²) in [7, 11) is 0. The predicted molar refractivity (Wildman–Crippen MR) is 101 cm³/mol. The van der Waals surface area contributed by atoms with E-state index in [9.17, 15) is 14.7 Å². The second-order valence-electron chi connectivity index (χ2n) is 5.89. The number of aliphatic hydroxyl groups is 1. The Morgan fingerprint density at radius 2 is 2.08 bits per heavy atom. The zero-order valence-corrected chi connectivity index (χ0v) is 15.9. The van der Waals surface area contributed by atoms with Crippen molar-refractivity contribution in [3.05, 3.63) is 40.3 Å². The Balaban J connectivity index is 1.81. The molecule has 0 saturated carbocycles. The van der Waals surface area contributed by atoms with Gasteiger partial charge in [-0.25, -0.2) is 9.89 Å². The van der Waals surface area contributed by atoms with E-state index < -0.39 is 6.10 Å². The lowest BCUT2D eigenvalue weighted by atomic mass is 10.1. The fourth-order valence-corrected chi connectivity index (χ4v) is 3.16. The Bertz CT molecular complexity index is 755. The number of nitrogens with zero attached hydrogens (tertiary/aromatic N) is 2. The quantitative estimate of drug-likeness (QED) is 0.460. The summed E-state index contributed by atoms with van der Waals surface area (Å²) in [6.45, 7) is 4.62. The van der Waals surface area contributed by atoms with Crippen LogP contribution in [0.25, 0.3) is 0 Å². The van der Waals surface area contributed by atoms with Crippen LogP contribution in [0.2, 0.25) is 0 Å². The van der Waals surface area contributed by atoms with Crippen LogP contribution >= 0.6 is 11.8 Å². The lowest BCUT2D eigenvalue weighted by Gasteiger charge is -2.12. The minimum atomic E-state index is -0.705. The minimum Gasteiger partial charge on any atom is -0.491 e. The molecule has 0 aliphatic heterocycles. The highest BCUT2D eigenvalue weighted by molar-refractivity contribution is 7.99. The van der Waals surface area contributed by atoms with Gasteiger partial charge in [-0.15, -0.1) is 5.10 Å². The Hall–Kier alpha value is -2.06. The van der Waals surface area contributed by atoms with Gasteiger partial charge in [0.15, 0.2) is 10.9 Å². The number of benzene rings is 1. The number of aromatic nitrogens is 3. The van der Waals surface area contributed by atoms with Crippen LogP contribution in [-0.4, -0.2) is 44.1 Å².